The minimum absolute atomic E-state index is 0.110. The van der Waals surface area contributed by atoms with Gasteiger partial charge in [-0.05, 0) is 24.6 Å². The lowest BCUT2D eigenvalue weighted by atomic mass is 9.74. The second-order valence-electron chi connectivity index (χ2n) is 6.61. The van der Waals surface area contributed by atoms with Gasteiger partial charge in [0.05, 0.1) is 32.7 Å². The van der Waals surface area contributed by atoms with E-state index in [0.717, 1.165) is 5.56 Å². The molecule has 2 fully saturated rings. The summed E-state index contributed by atoms with van der Waals surface area (Å²) in [5, 5.41) is 9.71. The van der Waals surface area contributed by atoms with E-state index in [-0.39, 0.29) is 24.8 Å². The van der Waals surface area contributed by atoms with E-state index >= 15 is 0 Å². The molecule has 0 spiro atoms. The Balaban J connectivity index is 1.77. The van der Waals surface area contributed by atoms with Crippen LogP contribution in [0, 0.1) is 11.3 Å². The van der Waals surface area contributed by atoms with Crippen LogP contribution in [0.15, 0.2) is 18.2 Å². The molecule has 1 aromatic carbocycles. The normalized spacial score (nSPS) is 25.4. The third kappa shape index (κ3) is 3.16. The minimum Gasteiger partial charge on any atom is -0.497 e. The van der Waals surface area contributed by atoms with Gasteiger partial charge in [-0.25, -0.2) is 0 Å². The predicted octanol–water partition coefficient (Wildman–Crippen LogP) is 1.20. The van der Waals surface area contributed by atoms with Crippen LogP contribution in [0.2, 0.25) is 0 Å². The Kier molecular flexibility index (Phi) is 4.85. The first kappa shape index (κ1) is 17.5. The summed E-state index contributed by atoms with van der Waals surface area (Å²) in [4.78, 5) is 26.3. The zero-order valence-corrected chi connectivity index (χ0v) is 14.5. The molecule has 1 amide bonds. The fourth-order valence-electron chi connectivity index (χ4n) is 3.78. The van der Waals surface area contributed by atoms with E-state index < -0.39 is 11.4 Å². The molecule has 25 heavy (non-hydrogen) atoms. The van der Waals surface area contributed by atoms with Crippen molar-refractivity contribution < 1.29 is 28.9 Å². The summed E-state index contributed by atoms with van der Waals surface area (Å²) in [6.07, 6.45) is 0.586. The van der Waals surface area contributed by atoms with Crippen LogP contribution < -0.4 is 9.47 Å². The molecular weight excluding hydrogens is 326 g/mol. The lowest BCUT2D eigenvalue weighted by molar-refractivity contribution is -0.157. The quantitative estimate of drug-likeness (QED) is 0.860. The van der Waals surface area contributed by atoms with Crippen LogP contribution in [-0.2, 0) is 20.7 Å². The van der Waals surface area contributed by atoms with Crippen molar-refractivity contribution in [1.29, 1.82) is 0 Å². The average molecular weight is 349 g/mol. The van der Waals surface area contributed by atoms with Crippen molar-refractivity contribution in [2.45, 2.75) is 12.8 Å². The van der Waals surface area contributed by atoms with E-state index in [4.69, 9.17) is 14.2 Å². The molecule has 1 aromatic rings. The number of benzene rings is 1. The van der Waals surface area contributed by atoms with Crippen LogP contribution in [-0.4, -0.2) is 62.4 Å². The summed E-state index contributed by atoms with van der Waals surface area (Å²) in [5.74, 6) is 0.155. The number of hydrogen-bond acceptors (Lipinski definition) is 5. The number of aliphatic carboxylic acids is 1. The first-order chi connectivity index (χ1) is 12.0. The van der Waals surface area contributed by atoms with Gasteiger partial charge in [0.2, 0.25) is 5.91 Å². The van der Waals surface area contributed by atoms with Gasteiger partial charge in [0.25, 0.3) is 0 Å². The molecule has 7 nitrogen and oxygen atoms in total. The maximum atomic E-state index is 12.8. The van der Waals surface area contributed by atoms with E-state index in [9.17, 15) is 14.7 Å². The van der Waals surface area contributed by atoms with Gasteiger partial charge < -0.3 is 24.2 Å². The lowest BCUT2D eigenvalue weighted by Gasteiger charge is -2.33. The van der Waals surface area contributed by atoms with Gasteiger partial charge in [-0.3, -0.25) is 9.59 Å². The molecule has 0 saturated carbocycles. The van der Waals surface area contributed by atoms with Gasteiger partial charge in [0.1, 0.15) is 11.5 Å². The second kappa shape index (κ2) is 6.92. The predicted molar refractivity (Wildman–Crippen MR) is 88.8 cm³/mol. The van der Waals surface area contributed by atoms with Crippen LogP contribution in [0.4, 0.5) is 0 Å². The molecule has 0 bridgehead atoms. The Morgan fingerprint density at radius 2 is 2.16 bits per heavy atom. The Morgan fingerprint density at radius 3 is 2.80 bits per heavy atom. The number of ether oxygens (including phenoxy) is 3. The number of fused-ring (bicyclic) bond motifs is 1. The summed E-state index contributed by atoms with van der Waals surface area (Å²) in [5.41, 5.74) is -0.158. The molecule has 0 aliphatic carbocycles. The minimum atomic E-state index is -0.883. The highest BCUT2D eigenvalue weighted by atomic mass is 16.5. The molecule has 3 rings (SSSR count). The van der Waals surface area contributed by atoms with Crippen LogP contribution in [0.1, 0.15) is 12.0 Å². The van der Waals surface area contributed by atoms with Crippen molar-refractivity contribution in [3.63, 3.8) is 0 Å². The Labute approximate surface area is 146 Å². The number of carbonyl (C=O) groups is 2. The molecule has 0 aromatic heterocycles. The van der Waals surface area contributed by atoms with E-state index in [1.165, 1.54) is 0 Å². The monoisotopic (exact) mass is 349 g/mol. The maximum absolute atomic E-state index is 12.8. The number of carboxylic acid groups (broad SMARTS) is 1. The van der Waals surface area contributed by atoms with E-state index in [1.807, 2.05) is 0 Å². The van der Waals surface area contributed by atoms with Gasteiger partial charge in [0.15, 0.2) is 0 Å². The number of carboxylic acids is 1. The first-order valence-corrected chi connectivity index (χ1v) is 8.30. The van der Waals surface area contributed by atoms with Crippen molar-refractivity contribution in [2.24, 2.45) is 11.3 Å². The number of methoxy groups -OCH3 is 2. The first-order valence-electron chi connectivity index (χ1n) is 8.30. The summed E-state index contributed by atoms with van der Waals surface area (Å²) < 4.78 is 16.0. The van der Waals surface area contributed by atoms with Crippen LogP contribution in [0.25, 0.3) is 0 Å². The lowest BCUT2D eigenvalue weighted by Crippen LogP contribution is -2.45. The molecule has 2 saturated heterocycles. The fraction of sp³-hybridized carbons (Fsp3) is 0.556. The fourth-order valence-corrected chi connectivity index (χ4v) is 3.78. The highest BCUT2D eigenvalue weighted by Gasteiger charge is 2.54. The number of hydrogen-bond donors (Lipinski definition) is 1. The van der Waals surface area contributed by atoms with E-state index in [1.54, 1.807) is 37.3 Å². The third-order valence-electron chi connectivity index (χ3n) is 5.31. The zero-order chi connectivity index (χ0) is 18.0. The SMILES string of the molecule is COc1ccc(OC)c(CC(=O)N2C[C@H]3COCC[C@@]3(C(=O)O)C2)c1. The van der Waals surface area contributed by atoms with Crippen molar-refractivity contribution in [2.75, 3.05) is 40.5 Å². The van der Waals surface area contributed by atoms with Gasteiger partial charge in [0, 0.05) is 31.2 Å². The smallest absolute Gasteiger partial charge is 0.311 e. The standard InChI is InChI=1S/C18H23NO6/c1-23-14-3-4-15(24-2)12(7-14)8-16(20)19-9-13-10-25-6-5-18(13,11-19)17(21)22/h3-4,7,13H,5-6,8-11H2,1-2H3,(H,21,22)/t13-,18+/m0/s1. The molecule has 7 heteroatoms. The molecule has 2 aliphatic rings. The topological polar surface area (TPSA) is 85.3 Å². The molecule has 136 valence electrons. The van der Waals surface area contributed by atoms with Crippen molar-refractivity contribution in [1.82, 2.24) is 4.90 Å². The van der Waals surface area contributed by atoms with Gasteiger partial charge >= 0.3 is 5.97 Å². The molecular formula is C18H23NO6. The van der Waals surface area contributed by atoms with Gasteiger partial charge in [-0.15, -0.1) is 0 Å². The average Bonchev–Trinajstić information content (AvgIpc) is 3.03. The summed E-state index contributed by atoms with van der Waals surface area (Å²) in [6, 6.07) is 5.31. The number of likely N-dealkylation sites (tertiary alicyclic amines) is 1. The van der Waals surface area contributed by atoms with Gasteiger partial charge in [-0.1, -0.05) is 0 Å². The van der Waals surface area contributed by atoms with Crippen molar-refractivity contribution >= 4 is 11.9 Å². The highest BCUT2D eigenvalue weighted by Crippen LogP contribution is 2.42. The Morgan fingerprint density at radius 1 is 1.36 bits per heavy atom. The van der Waals surface area contributed by atoms with Crippen LogP contribution in [0.5, 0.6) is 11.5 Å². The van der Waals surface area contributed by atoms with Crippen molar-refractivity contribution in [3.8, 4) is 11.5 Å². The highest BCUT2D eigenvalue weighted by molar-refractivity contribution is 5.83. The Bertz CT molecular complexity index is 676. The van der Waals surface area contributed by atoms with Crippen molar-refractivity contribution in [3.05, 3.63) is 23.8 Å². The molecule has 2 atom stereocenters. The summed E-state index contributed by atoms with van der Waals surface area (Å²) in [6.45, 7) is 1.46. The van der Waals surface area contributed by atoms with Crippen LogP contribution in [0.3, 0.4) is 0 Å². The molecule has 0 unspecified atom stereocenters. The molecule has 1 N–H and O–H groups in total. The number of nitrogens with zero attached hydrogens (tertiary/aromatic N) is 1. The third-order valence-corrected chi connectivity index (χ3v) is 5.31. The largest absolute Gasteiger partial charge is 0.497 e. The number of amides is 1. The molecule has 2 heterocycles. The molecule has 0 radical (unpaired) electrons. The zero-order valence-electron chi connectivity index (χ0n) is 14.5. The van der Waals surface area contributed by atoms with E-state index in [2.05, 4.69) is 0 Å². The molecule has 2 aliphatic heterocycles. The van der Waals surface area contributed by atoms with Crippen LogP contribution >= 0.6 is 0 Å². The summed E-state index contributed by atoms with van der Waals surface area (Å²) in [7, 11) is 3.12. The van der Waals surface area contributed by atoms with Gasteiger partial charge in [-0.2, -0.15) is 0 Å². The second-order valence-corrected chi connectivity index (χ2v) is 6.61. The van der Waals surface area contributed by atoms with E-state index in [0.29, 0.717) is 37.7 Å². The maximum Gasteiger partial charge on any atom is 0.311 e. The summed E-state index contributed by atoms with van der Waals surface area (Å²) >= 11 is 0. The number of rotatable bonds is 5. The Hall–Kier alpha value is -2.28. The number of carbonyl (C=O) groups excluding carboxylic acids is 1.